The molecular weight excluding hydrogens is 524 g/mol. The summed E-state index contributed by atoms with van der Waals surface area (Å²) >= 11 is 0. The number of nitrogens with one attached hydrogen (secondary N) is 2. The normalized spacial score (nSPS) is 23.9. The van der Waals surface area contributed by atoms with Gasteiger partial charge in [-0.3, -0.25) is 0 Å². The predicted octanol–water partition coefficient (Wildman–Crippen LogP) is 4.89. The van der Waals surface area contributed by atoms with Crippen LogP contribution in [0.2, 0.25) is 0 Å². The summed E-state index contributed by atoms with van der Waals surface area (Å²) in [5.41, 5.74) is -4.89. The van der Waals surface area contributed by atoms with Gasteiger partial charge in [-0.05, 0) is 49.1 Å². The molecule has 0 spiro atoms. The van der Waals surface area contributed by atoms with Gasteiger partial charge in [0.2, 0.25) is 10.0 Å². The molecule has 1 fully saturated rings. The largest absolute Gasteiger partial charge is 0.416 e. The second-order valence-corrected chi connectivity index (χ2v) is 10.9. The number of nitrogens with zero attached hydrogens (tertiary/aromatic N) is 1. The third kappa shape index (κ3) is 7.01. The standard InChI is InChI=1S/C24H25F6N3O3S/c1-16(17-10-19(23(25,26)27)12-20(11-17)24(28,29)30)36-15-22(18-6-4-3-5-7-18)9-8-21(13-31,14-32-22)33-37(2,34)35/h3-7,10-12,16,32-33H,8-9,14-15H2,1-2H3/t16-,21-,22-/m1/s1. The highest BCUT2D eigenvalue weighted by Gasteiger charge is 2.46. The molecule has 0 saturated carbocycles. The van der Waals surface area contributed by atoms with Crippen molar-refractivity contribution >= 4 is 10.0 Å². The van der Waals surface area contributed by atoms with E-state index in [1.807, 2.05) is 6.07 Å². The van der Waals surface area contributed by atoms with E-state index in [0.717, 1.165) is 6.26 Å². The molecule has 2 aromatic rings. The second-order valence-electron chi connectivity index (χ2n) is 9.16. The number of hydrogen-bond acceptors (Lipinski definition) is 5. The fourth-order valence-corrected chi connectivity index (χ4v) is 5.20. The summed E-state index contributed by atoms with van der Waals surface area (Å²) in [7, 11) is -3.72. The van der Waals surface area contributed by atoms with Crippen molar-refractivity contribution in [1.82, 2.24) is 10.0 Å². The number of hydrogen-bond donors (Lipinski definition) is 2. The molecule has 6 nitrogen and oxygen atoms in total. The molecule has 0 bridgehead atoms. The fraction of sp³-hybridized carbons (Fsp3) is 0.458. The molecule has 37 heavy (non-hydrogen) atoms. The molecule has 0 amide bonds. The Morgan fingerprint density at radius 3 is 2.05 bits per heavy atom. The van der Waals surface area contributed by atoms with Crippen LogP contribution >= 0.6 is 0 Å². The van der Waals surface area contributed by atoms with Gasteiger partial charge in [-0.15, -0.1) is 0 Å². The Morgan fingerprint density at radius 1 is 1.05 bits per heavy atom. The van der Waals surface area contributed by atoms with E-state index in [9.17, 15) is 40.0 Å². The topological polar surface area (TPSA) is 91.2 Å². The first-order valence-electron chi connectivity index (χ1n) is 11.1. The molecule has 1 aliphatic rings. The average Bonchev–Trinajstić information content (AvgIpc) is 2.82. The van der Waals surface area contributed by atoms with E-state index in [-0.39, 0.29) is 37.6 Å². The lowest BCUT2D eigenvalue weighted by molar-refractivity contribution is -0.143. The number of rotatable bonds is 7. The lowest BCUT2D eigenvalue weighted by Gasteiger charge is -2.45. The molecule has 202 valence electrons. The number of halogens is 6. The van der Waals surface area contributed by atoms with Gasteiger partial charge in [0, 0.05) is 6.54 Å². The summed E-state index contributed by atoms with van der Waals surface area (Å²) in [4.78, 5) is 0. The Hall–Kier alpha value is -2.66. The van der Waals surface area contributed by atoms with Crippen LogP contribution in [0.25, 0.3) is 0 Å². The zero-order valence-corrected chi connectivity index (χ0v) is 20.7. The number of piperidine rings is 1. The van der Waals surface area contributed by atoms with E-state index in [2.05, 4.69) is 10.0 Å². The Morgan fingerprint density at radius 2 is 1.62 bits per heavy atom. The molecule has 1 aliphatic heterocycles. The van der Waals surface area contributed by atoms with Crippen molar-refractivity contribution in [2.75, 3.05) is 19.4 Å². The van der Waals surface area contributed by atoms with Crippen molar-refractivity contribution < 1.29 is 39.5 Å². The van der Waals surface area contributed by atoms with Gasteiger partial charge in [0.05, 0.1) is 41.7 Å². The van der Waals surface area contributed by atoms with Gasteiger partial charge in [0.15, 0.2) is 0 Å². The van der Waals surface area contributed by atoms with Gasteiger partial charge in [-0.25, -0.2) is 8.42 Å². The van der Waals surface area contributed by atoms with Crippen molar-refractivity contribution in [2.24, 2.45) is 0 Å². The lowest BCUT2D eigenvalue weighted by Crippen LogP contribution is -2.63. The zero-order chi connectivity index (χ0) is 27.7. The van der Waals surface area contributed by atoms with E-state index >= 15 is 0 Å². The van der Waals surface area contributed by atoms with Gasteiger partial charge in [-0.1, -0.05) is 30.3 Å². The van der Waals surface area contributed by atoms with E-state index in [1.165, 1.54) is 6.92 Å². The number of benzene rings is 2. The van der Waals surface area contributed by atoms with Crippen LogP contribution < -0.4 is 10.0 Å². The first-order chi connectivity index (χ1) is 17.0. The third-order valence-electron chi connectivity index (χ3n) is 6.29. The Labute approximate surface area is 210 Å². The van der Waals surface area contributed by atoms with Crippen LogP contribution in [-0.4, -0.2) is 33.4 Å². The van der Waals surface area contributed by atoms with Crippen LogP contribution in [0.15, 0.2) is 48.5 Å². The minimum atomic E-state index is -4.99. The number of ether oxygens (including phenoxy) is 1. The van der Waals surface area contributed by atoms with Crippen molar-refractivity contribution in [3.05, 3.63) is 70.8 Å². The van der Waals surface area contributed by atoms with E-state index in [1.54, 1.807) is 30.3 Å². The highest BCUT2D eigenvalue weighted by Crippen LogP contribution is 2.39. The Bertz CT molecular complexity index is 1220. The molecule has 3 atom stereocenters. The van der Waals surface area contributed by atoms with Crippen LogP contribution in [0.5, 0.6) is 0 Å². The summed E-state index contributed by atoms with van der Waals surface area (Å²) < 4.78 is 111. The smallest absolute Gasteiger partial charge is 0.372 e. The van der Waals surface area contributed by atoms with Gasteiger partial charge >= 0.3 is 12.4 Å². The summed E-state index contributed by atoms with van der Waals surface area (Å²) in [5.74, 6) is 0. The van der Waals surface area contributed by atoms with Crippen LogP contribution in [0, 0.1) is 11.3 Å². The zero-order valence-electron chi connectivity index (χ0n) is 19.9. The number of alkyl halides is 6. The molecule has 0 aromatic heterocycles. The molecule has 3 rings (SSSR count). The third-order valence-corrected chi connectivity index (χ3v) is 7.05. The summed E-state index contributed by atoms with van der Waals surface area (Å²) in [6.45, 7) is 1.07. The van der Waals surface area contributed by atoms with Crippen molar-refractivity contribution in [2.45, 2.75) is 49.3 Å². The maximum absolute atomic E-state index is 13.3. The number of nitriles is 1. The summed E-state index contributed by atoms with van der Waals surface area (Å²) in [5, 5.41) is 12.8. The molecule has 13 heteroatoms. The second kappa shape index (κ2) is 10.2. The van der Waals surface area contributed by atoms with Crippen LogP contribution in [0.3, 0.4) is 0 Å². The van der Waals surface area contributed by atoms with E-state index < -0.39 is 50.7 Å². The van der Waals surface area contributed by atoms with Gasteiger partial charge in [0.25, 0.3) is 0 Å². The van der Waals surface area contributed by atoms with Gasteiger partial charge in [-0.2, -0.15) is 36.3 Å². The first kappa shape index (κ1) is 28.9. The van der Waals surface area contributed by atoms with Crippen LogP contribution in [0.4, 0.5) is 26.3 Å². The molecule has 2 aromatic carbocycles. The Balaban J connectivity index is 1.90. The first-order valence-corrected chi connectivity index (χ1v) is 13.0. The fourth-order valence-electron chi connectivity index (χ4n) is 4.27. The van der Waals surface area contributed by atoms with Crippen molar-refractivity contribution in [3.8, 4) is 6.07 Å². The SMILES string of the molecule is C[C@@H](OC[C@@]1(c2ccccc2)CC[C@](C#N)(NS(C)(=O)=O)CN1)c1cc(C(F)(F)F)cc(C(F)(F)F)c1. The van der Waals surface area contributed by atoms with Crippen LogP contribution in [-0.2, 0) is 32.7 Å². The predicted molar refractivity (Wildman–Crippen MR) is 122 cm³/mol. The minimum Gasteiger partial charge on any atom is -0.372 e. The van der Waals surface area contributed by atoms with Gasteiger partial charge < -0.3 is 10.1 Å². The molecule has 1 heterocycles. The molecule has 0 unspecified atom stereocenters. The van der Waals surface area contributed by atoms with Crippen molar-refractivity contribution in [3.63, 3.8) is 0 Å². The highest BCUT2D eigenvalue weighted by molar-refractivity contribution is 7.88. The number of sulfonamides is 1. The average molecular weight is 550 g/mol. The van der Waals surface area contributed by atoms with Crippen LogP contribution in [0.1, 0.15) is 48.1 Å². The minimum absolute atomic E-state index is 0.0562. The summed E-state index contributed by atoms with van der Waals surface area (Å²) in [6, 6.07) is 12.1. The maximum atomic E-state index is 13.3. The summed E-state index contributed by atoms with van der Waals surface area (Å²) in [6.07, 6.45) is -9.92. The highest BCUT2D eigenvalue weighted by atomic mass is 32.2. The molecule has 1 saturated heterocycles. The molecule has 0 radical (unpaired) electrons. The molecular formula is C24H25F6N3O3S. The monoisotopic (exact) mass is 549 g/mol. The molecule has 0 aliphatic carbocycles. The van der Waals surface area contributed by atoms with E-state index in [4.69, 9.17) is 4.74 Å². The van der Waals surface area contributed by atoms with E-state index in [0.29, 0.717) is 17.7 Å². The maximum Gasteiger partial charge on any atom is 0.416 e. The molecule has 2 N–H and O–H groups in total. The quantitative estimate of drug-likeness (QED) is 0.480. The van der Waals surface area contributed by atoms with Crippen molar-refractivity contribution in [1.29, 1.82) is 5.26 Å². The Kier molecular flexibility index (Phi) is 8.00. The van der Waals surface area contributed by atoms with Gasteiger partial charge in [0.1, 0.15) is 5.54 Å². The lowest BCUT2D eigenvalue weighted by atomic mass is 9.77.